The number of fused-ring (bicyclic) bond motifs is 1. The maximum atomic E-state index is 5.64. The predicted molar refractivity (Wildman–Crippen MR) is 67.3 cm³/mol. The zero-order chi connectivity index (χ0) is 12.2. The third-order valence-corrected chi connectivity index (χ3v) is 3.16. The van der Waals surface area contributed by atoms with Crippen molar-refractivity contribution >= 4 is 0 Å². The van der Waals surface area contributed by atoms with E-state index in [4.69, 9.17) is 4.74 Å². The van der Waals surface area contributed by atoms with E-state index in [-0.39, 0.29) is 0 Å². The maximum absolute atomic E-state index is 5.64. The van der Waals surface area contributed by atoms with Crippen LogP contribution in [-0.2, 0) is 6.54 Å². The maximum Gasteiger partial charge on any atom is 0.124 e. The Hall–Kier alpha value is -1.88. The van der Waals surface area contributed by atoms with E-state index in [1.54, 1.807) is 6.20 Å². The molecule has 2 heterocycles. The second-order valence-electron chi connectivity index (χ2n) is 4.35. The van der Waals surface area contributed by atoms with Gasteiger partial charge in [0.15, 0.2) is 0 Å². The molecule has 1 aliphatic heterocycles. The Morgan fingerprint density at radius 3 is 3.22 bits per heavy atom. The summed E-state index contributed by atoms with van der Waals surface area (Å²) >= 11 is 0. The Morgan fingerprint density at radius 1 is 1.39 bits per heavy atom. The van der Waals surface area contributed by atoms with Crippen LogP contribution in [0.2, 0.25) is 0 Å². The van der Waals surface area contributed by atoms with Crippen molar-refractivity contribution in [1.82, 2.24) is 20.3 Å². The van der Waals surface area contributed by atoms with Gasteiger partial charge in [0, 0.05) is 30.8 Å². The molecule has 3 rings (SSSR count). The van der Waals surface area contributed by atoms with Gasteiger partial charge in [-0.15, -0.1) is 5.10 Å². The standard InChI is InChI=1S/C13H16N4O/c1-2-4-13-11(3-1)12(5-10-18-13)14-6-8-17-9-7-15-16-17/h1-4,7,9,12,14H,5-6,8,10H2. The third-order valence-electron chi connectivity index (χ3n) is 3.16. The molecule has 0 bridgehead atoms. The molecular formula is C13H16N4O. The van der Waals surface area contributed by atoms with Crippen molar-refractivity contribution < 1.29 is 4.74 Å². The molecule has 0 saturated heterocycles. The van der Waals surface area contributed by atoms with Gasteiger partial charge in [-0.3, -0.25) is 4.68 Å². The Bertz CT molecular complexity index is 497. The molecule has 1 aromatic heterocycles. The van der Waals surface area contributed by atoms with Crippen molar-refractivity contribution in [2.45, 2.75) is 19.0 Å². The summed E-state index contributed by atoms with van der Waals surface area (Å²) in [5.41, 5.74) is 1.25. The van der Waals surface area contributed by atoms with Crippen LogP contribution in [0.1, 0.15) is 18.0 Å². The molecule has 1 aromatic carbocycles. The van der Waals surface area contributed by atoms with Crippen LogP contribution < -0.4 is 10.1 Å². The summed E-state index contributed by atoms with van der Waals surface area (Å²) in [7, 11) is 0. The topological polar surface area (TPSA) is 52.0 Å². The molecule has 0 aliphatic carbocycles. The van der Waals surface area contributed by atoms with Crippen molar-refractivity contribution in [3.05, 3.63) is 42.2 Å². The smallest absolute Gasteiger partial charge is 0.124 e. The molecule has 0 amide bonds. The van der Waals surface area contributed by atoms with Gasteiger partial charge in [-0.05, 0) is 6.07 Å². The average Bonchev–Trinajstić information content (AvgIpc) is 2.92. The van der Waals surface area contributed by atoms with E-state index in [2.05, 4.69) is 27.8 Å². The molecule has 0 spiro atoms. The summed E-state index contributed by atoms with van der Waals surface area (Å²) in [6.07, 6.45) is 4.58. The molecule has 2 aromatic rings. The number of hydrogen-bond donors (Lipinski definition) is 1. The Labute approximate surface area is 106 Å². The first-order chi connectivity index (χ1) is 8.93. The lowest BCUT2D eigenvalue weighted by Crippen LogP contribution is -2.29. The van der Waals surface area contributed by atoms with Crippen LogP contribution in [0, 0.1) is 0 Å². The first-order valence-electron chi connectivity index (χ1n) is 6.23. The molecule has 1 aliphatic rings. The molecule has 0 saturated carbocycles. The molecule has 1 atom stereocenters. The molecule has 18 heavy (non-hydrogen) atoms. The summed E-state index contributed by atoms with van der Waals surface area (Å²) in [4.78, 5) is 0. The fourth-order valence-corrected chi connectivity index (χ4v) is 2.26. The fraction of sp³-hybridized carbons (Fsp3) is 0.385. The van der Waals surface area contributed by atoms with Crippen LogP contribution in [0.15, 0.2) is 36.7 Å². The van der Waals surface area contributed by atoms with Crippen LogP contribution in [0.25, 0.3) is 0 Å². The second-order valence-corrected chi connectivity index (χ2v) is 4.35. The van der Waals surface area contributed by atoms with Gasteiger partial charge in [0.25, 0.3) is 0 Å². The molecule has 1 unspecified atom stereocenters. The molecule has 0 radical (unpaired) electrons. The van der Waals surface area contributed by atoms with Gasteiger partial charge in [-0.1, -0.05) is 23.4 Å². The van der Waals surface area contributed by atoms with Gasteiger partial charge in [-0.25, -0.2) is 0 Å². The molecule has 0 fully saturated rings. The van der Waals surface area contributed by atoms with E-state index < -0.39 is 0 Å². The number of nitrogens with zero attached hydrogens (tertiary/aromatic N) is 3. The van der Waals surface area contributed by atoms with Gasteiger partial charge in [0.1, 0.15) is 5.75 Å². The van der Waals surface area contributed by atoms with Gasteiger partial charge in [-0.2, -0.15) is 0 Å². The highest BCUT2D eigenvalue weighted by Gasteiger charge is 2.19. The quantitative estimate of drug-likeness (QED) is 0.883. The third kappa shape index (κ3) is 2.36. The van der Waals surface area contributed by atoms with Gasteiger partial charge < -0.3 is 10.1 Å². The second kappa shape index (κ2) is 5.18. The van der Waals surface area contributed by atoms with Gasteiger partial charge in [0.05, 0.1) is 19.3 Å². The summed E-state index contributed by atoms with van der Waals surface area (Å²) in [5.74, 6) is 1.00. The lowest BCUT2D eigenvalue weighted by atomic mass is 10.0. The lowest BCUT2D eigenvalue weighted by Gasteiger charge is -2.26. The Balaban J connectivity index is 1.60. The first-order valence-corrected chi connectivity index (χ1v) is 6.23. The number of aromatic nitrogens is 3. The molecule has 1 N–H and O–H groups in total. The number of nitrogens with one attached hydrogen (secondary N) is 1. The largest absolute Gasteiger partial charge is 0.493 e. The molecule has 5 heteroatoms. The highest BCUT2D eigenvalue weighted by atomic mass is 16.5. The zero-order valence-electron chi connectivity index (χ0n) is 10.1. The molecule has 5 nitrogen and oxygen atoms in total. The van der Waals surface area contributed by atoms with E-state index in [0.717, 1.165) is 31.9 Å². The number of ether oxygens (including phenoxy) is 1. The molecule has 94 valence electrons. The van der Waals surface area contributed by atoms with Crippen LogP contribution in [-0.4, -0.2) is 28.1 Å². The van der Waals surface area contributed by atoms with E-state index in [1.165, 1.54) is 5.56 Å². The summed E-state index contributed by atoms with van der Waals surface area (Å²) < 4.78 is 7.47. The summed E-state index contributed by atoms with van der Waals surface area (Å²) in [6.45, 7) is 2.49. The van der Waals surface area contributed by atoms with Crippen molar-refractivity contribution in [1.29, 1.82) is 0 Å². The van der Waals surface area contributed by atoms with Crippen LogP contribution in [0.5, 0.6) is 5.75 Å². The SMILES string of the molecule is c1ccc2c(c1)OCCC2NCCn1ccnn1. The molecular weight excluding hydrogens is 228 g/mol. The van der Waals surface area contributed by atoms with Crippen molar-refractivity contribution in [2.24, 2.45) is 0 Å². The average molecular weight is 244 g/mol. The summed E-state index contributed by atoms with van der Waals surface area (Å²) in [5, 5.41) is 11.3. The number of hydrogen-bond acceptors (Lipinski definition) is 4. The number of benzene rings is 1. The van der Waals surface area contributed by atoms with Crippen molar-refractivity contribution in [3.8, 4) is 5.75 Å². The highest BCUT2D eigenvalue weighted by Crippen LogP contribution is 2.31. The van der Waals surface area contributed by atoms with E-state index in [0.29, 0.717) is 6.04 Å². The van der Waals surface area contributed by atoms with Crippen molar-refractivity contribution in [2.75, 3.05) is 13.2 Å². The van der Waals surface area contributed by atoms with E-state index in [1.807, 2.05) is 23.0 Å². The Morgan fingerprint density at radius 2 is 2.33 bits per heavy atom. The normalized spacial score (nSPS) is 18.1. The van der Waals surface area contributed by atoms with E-state index >= 15 is 0 Å². The summed E-state index contributed by atoms with van der Waals surface area (Å²) in [6, 6.07) is 8.59. The van der Waals surface area contributed by atoms with Crippen LogP contribution in [0.3, 0.4) is 0 Å². The van der Waals surface area contributed by atoms with Crippen LogP contribution in [0.4, 0.5) is 0 Å². The zero-order valence-corrected chi connectivity index (χ0v) is 10.1. The lowest BCUT2D eigenvalue weighted by molar-refractivity contribution is 0.251. The van der Waals surface area contributed by atoms with E-state index in [9.17, 15) is 0 Å². The van der Waals surface area contributed by atoms with Gasteiger partial charge in [0.2, 0.25) is 0 Å². The highest BCUT2D eigenvalue weighted by molar-refractivity contribution is 5.37. The minimum Gasteiger partial charge on any atom is -0.493 e. The monoisotopic (exact) mass is 244 g/mol. The number of rotatable bonds is 4. The first kappa shape index (κ1) is 11.2. The minimum absolute atomic E-state index is 0.374. The number of para-hydroxylation sites is 1. The Kier molecular flexibility index (Phi) is 3.23. The van der Waals surface area contributed by atoms with Gasteiger partial charge >= 0.3 is 0 Å². The van der Waals surface area contributed by atoms with Crippen LogP contribution >= 0.6 is 0 Å². The predicted octanol–water partition coefficient (Wildman–Crippen LogP) is 1.39. The fourth-order valence-electron chi connectivity index (χ4n) is 2.26. The van der Waals surface area contributed by atoms with Crippen molar-refractivity contribution in [3.63, 3.8) is 0 Å². The minimum atomic E-state index is 0.374.